The number of carbonyl (C=O) groups is 1. The van der Waals surface area contributed by atoms with Crippen molar-refractivity contribution in [3.63, 3.8) is 0 Å². The van der Waals surface area contributed by atoms with E-state index in [1.807, 2.05) is 11.0 Å². The van der Waals surface area contributed by atoms with Crippen LogP contribution >= 0.6 is 12.4 Å². The molecule has 2 aromatic rings. The van der Waals surface area contributed by atoms with Crippen LogP contribution in [0, 0.1) is 5.82 Å². The molecule has 130 valence electrons. The Morgan fingerprint density at radius 1 is 1.29 bits per heavy atom. The van der Waals surface area contributed by atoms with E-state index in [9.17, 15) is 9.18 Å². The number of nitrogens with two attached hydrogens (primary N) is 1. The number of hydrogen-bond donors (Lipinski definition) is 1. The number of benzene rings is 1. The first-order chi connectivity index (χ1) is 11.1. The highest BCUT2D eigenvalue weighted by atomic mass is 35.5. The Morgan fingerprint density at radius 2 is 2.12 bits per heavy atom. The van der Waals surface area contributed by atoms with Gasteiger partial charge in [0.2, 0.25) is 11.8 Å². The minimum absolute atomic E-state index is 0. The number of nitrogens with zero attached hydrogens (tertiary/aromatic N) is 4. The first-order valence-corrected chi connectivity index (χ1v) is 7.40. The molecule has 7 nitrogen and oxygen atoms in total. The largest absolute Gasteiger partial charge is 0.338 e. The molecular weight excluding hydrogens is 337 g/mol. The second-order valence-electron chi connectivity index (χ2n) is 5.46. The summed E-state index contributed by atoms with van der Waals surface area (Å²) in [5.41, 5.74) is 6.21. The molecule has 0 bridgehead atoms. The van der Waals surface area contributed by atoms with Crippen LogP contribution in [0.4, 0.5) is 4.39 Å². The van der Waals surface area contributed by atoms with E-state index in [1.165, 1.54) is 12.1 Å². The number of amides is 1. The van der Waals surface area contributed by atoms with Gasteiger partial charge in [-0.05, 0) is 17.7 Å². The maximum absolute atomic E-state index is 13.2. The molecule has 3 rings (SSSR count). The molecule has 1 aliphatic heterocycles. The summed E-state index contributed by atoms with van der Waals surface area (Å²) in [7, 11) is 0. The van der Waals surface area contributed by atoms with Crippen LogP contribution in [0.25, 0.3) is 0 Å². The van der Waals surface area contributed by atoms with Gasteiger partial charge >= 0.3 is 0 Å². The first-order valence-electron chi connectivity index (χ1n) is 7.40. The maximum atomic E-state index is 13.2. The predicted molar refractivity (Wildman–Crippen MR) is 86.5 cm³/mol. The van der Waals surface area contributed by atoms with E-state index < -0.39 is 0 Å². The fraction of sp³-hybridized carbons (Fsp3) is 0.400. The van der Waals surface area contributed by atoms with Gasteiger partial charge in [-0.25, -0.2) is 4.39 Å². The molecule has 0 spiro atoms. The van der Waals surface area contributed by atoms with Crippen molar-refractivity contribution in [3.05, 3.63) is 47.4 Å². The standard InChI is InChI=1S/C15H18FN5O2.ClH/c16-12-3-1-2-11(6-12)8-21-5-4-20(10-15(21)22)9-13-18-14(7-17)23-19-13;/h1-3,6H,4-5,7-10,17H2;1H. The summed E-state index contributed by atoms with van der Waals surface area (Å²) in [6.45, 7) is 2.63. The second-order valence-corrected chi connectivity index (χ2v) is 5.46. The average molecular weight is 356 g/mol. The number of aromatic nitrogens is 2. The highest BCUT2D eigenvalue weighted by Gasteiger charge is 2.25. The van der Waals surface area contributed by atoms with Gasteiger partial charge < -0.3 is 15.2 Å². The molecule has 9 heteroatoms. The van der Waals surface area contributed by atoms with Crippen molar-refractivity contribution in [1.82, 2.24) is 19.9 Å². The van der Waals surface area contributed by atoms with Crippen molar-refractivity contribution in [2.45, 2.75) is 19.6 Å². The molecule has 1 fully saturated rings. The molecule has 0 unspecified atom stereocenters. The Kier molecular flexibility index (Phi) is 6.24. The highest BCUT2D eigenvalue weighted by Crippen LogP contribution is 2.12. The maximum Gasteiger partial charge on any atom is 0.240 e. The Bertz CT molecular complexity index is 696. The fourth-order valence-electron chi connectivity index (χ4n) is 2.55. The first kappa shape index (κ1) is 18.3. The average Bonchev–Trinajstić information content (AvgIpc) is 2.98. The summed E-state index contributed by atoms with van der Waals surface area (Å²) in [6.07, 6.45) is 0. The van der Waals surface area contributed by atoms with Crippen molar-refractivity contribution in [2.24, 2.45) is 5.73 Å². The van der Waals surface area contributed by atoms with Crippen LogP contribution in [0.15, 0.2) is 28.8 Å². The van der Waals surface area contributed by atoms with Gasteiger partial charge in [0.25, 0.3) is 0 Å². The number of carbonyl (C=O) groups excluding carboxylic acids is 1. The molecule has 1 amide bonds. The van der Waals surface area contributed by atoms with E-state index in [-0.39, 0.29) is 37.2 Å². The zero-order chi connectivity index (χ0) is 16.2. The highest BCUT2D eigenvalue weighted by molar-refractivity contribution is 5.85. The molecule has 2 N–H and O–H groups in total. The van der Waals surface area contributed by atoms with Gasteiger partial charge in [0.1, 0.15) is 5.82 Å². The van der Waals surface area contributed by atoms with Crippen molar-refractivity contribution in [3.8, 4) is 0 Å². The minimum Gasteiger partial charge on any atom is -0.338 e. The third kappa shape index (κ3) is 4.50. The number of piperazine rings is 1. The summed E-state index contributed by atoms with van der Waals surface area (Å²) in [4.78, 5) is 20.1. The summed E-state index contributed by atoms with van der Waals surface area (Å²) in [5.74, 6) is 0.623. The van der Waals surface area contributed by atoms with Gasteiger partial charge in [-0.3, -0.25) is 9.69 Å². The smallest absolute Gasteiger partial charge is 0.240 e. The molecule has 0 atom stereocenters. The molecule has 1 aliphatic rings. The van der Waals surface area contributed by atoms with Crippen LogP contribution in [0.3, 0.4) is 0 Å². The van der Waals surface area contributed by atoms with Crippen molar-refractivity contribution in [2.75, 3.05) is 19.6 Å². The molecule has 1 saturated heterocycles. The van der Waals surface area contributed by atoms with Gasteiger partial charge in [0.15, 0.2) is 5.82 Å². The van der Waals surface area contributed by atoms with E-state index in [4.69, 9.17) is 10.3 Å². The molecule has 0 saturated carbocycles. The number of hydrogen-bond acceptors (Lipinski definition) is 6. The number of halogens is 2. The van der Waals surface area contributed by atoms with Crippen LogP contribution in [0.1, 0.15) is 17.3 Å². The van der Waals surface area contributed by atoms with E-state index in [0.29, 0.717) is 37.9 Å². The second kappa shape index (κ2) is 8.18. The quantitative estimate of drug-likeness (QED) is 0.858. The lowest BCUT2D eigenvalue weighted by molar-refractivity contribution is -0.136. The van der Waals surface area contributed by atoms with E-state index in [0.717, 1.165) is 5.56 Å². The zero-order valence-electron chi connectivity index (χ0n) is 13.0. The molecule has 1 aromatic carbocycles. The van der Waals surface area contributed by atoms with E-state index in [2.05, 4.69) is 10.1 Å². The van der Waals surface area contributed by atoms with Gasteiger partial charge in [0.05, 0.1) is 19.6 Å². The number of rotatable bonds is 5. The van der Waals surface area contributed by atoms with Gasteiger partial charge in [-0.2, -0.15) is 4.98 Å². The normalized spacial score (nSPS) is 15.4. The van der Waals surface area contributed by atoms with E-state index >= 15 is 0 Å². The Hall–Kier alpha value is -2.03. The lowest BCUT2D eigenvalue weighted by Crippen LogP contribution is -2.49. The van der Waals surface area contributed by atoms with E-state index in [1.54, 1.807) is 11.0 Å². The summed E-state index contributed by atoms with van der Waals surface area (Å²) < 4.78 is 18.2. The molecule has 0 radical (unpaired) electrons. The van der Waals surface area contributed by atoms with Gasteiger partial charge in [-0.1, -0.05) is 17.3 Å². The monoisotopic (exact) mass is 355 g/mol. The molecule has 0 aliphatic carbocycles. The third-order valence-electron chi connectivity index (χ3n) is 3.71. The lowest BCUT2D eigenvalue weighted by atomic mass is 10.2. The van der Waals surface area contributed by atoms with Crippen molar-refractivity contribution >= 4 is 18.3 Å². The van der Waals surface area contributed by atoms with Crippen LogP contribution in [0.5, 0.6) is 0 Å². The summed E-state index contributed by atoms with van der Waals surface area (Å²) >= 11 is 0. The SMILES string of the molecule is Cl.NCc1nc(CN2CCN(Cc3cccc(F)c3)C(=O)C2)no1. The minimum atomic E-state index is -0.290. The molecule has 2 heterocycles. The van der Waals surface area contributed by atoms with Crippen LogP contribution < -0.4 is 5.73 Å². The van der Waals surface area contributed by atoms with Crippen LogP contribution in [-0.4, -0.2) is 45.5 Å². The molecular formula is C15H19ClFN5O2. The van der Waals surface area contributed by atoms with Gasteiger partial charge in [0, 0.05) is 19.6 Å². The van der Waals surface area contributed by atoms with Crippen molar-refractivity contribution < 1.29 is 13.7 Å². The van der Waals surface area contributed by atoms with Gasteiger partial charge in [-0.15, -0.1) is 12.4 Å². The predicted octanol–water partition coefficient (Wildman–Crippen LogP) is 0.934. The Labute approximate surface area is 145 Å². The van der Waals surface area contributed by atoms with Crippen molar-refractivity contribution in [1.29, 1.82) is 0 Å². The Balaban J connectivity index is 0.00000208. The Morgan fingerprint density at radius 3 is 2.79 bits per heavy atom. The fourth-order valence-corrected chi connectivity index (χ4v) is 2.55. The van der Waals surface area contributed by atoms with Crippen LogP contribution in [0.2, 0.25) is 0 Å². The molecule has 24 heavy (non-hydrogen) atoms. The van der Waals surface area contributed by atoms with Crippen LogP contribution in [-0.2, 0) is 24.4 Å². The lowest BCUT2D eigenvalue weighted by Gasteiger charge is -2.33. The summed E-state index contributed by atoms with van der Waals surface area (Å²) in [6, 6.07) is 6.31. The molecule has 1 aromatic heterocycles. The topological polar surface area (TPSA) is 88.5 Å². The zero-order valence-corrected chi connectivity index (χ0v) is 13.8. The summed E-state index contributed by atoms with van der Waals surface area (Å²) in [5, 5.41) is 3.83. The third-order valence-corrected chi connectivity index (χ3v) is 3.71.